The molecule has 4 aromatic carbocycles. The molecule has 4 N–H and O–H groups in total. The summed E-state index contributed by atoms with van der Waals surface area (Å²) in [5, 5.41) is 17.4. The van der Waals surface area contributed by atoms with Gasteiger partial charge in [-0.3, -0.25) is 14.4 Å². The lowest BCUT2D eigenvalue weighted by Gasteiger charge is -2.44. The number of aryl methyl sites for hydroxylation is 3. The average molecular weight is 812 g/mol. The fraction of sp³-hybridized carbons (Fsp3) is 0.273. The summed E-state index contributed by atoms with van der Waals surface area (Å²) in [6.45, 7) is 4.20. The number of amides is 2. The Morgan fingerprint density at radius 2 is 1.41 bits per heavy atom. The van der Waals surface area contributed by atoms with E-state index in [0.717, 1.165) is 16.7 Å². The smallest absolute Gasteiger partial charge is 0.481 e. The number of rotatable bonds is 14. The van der Waals surface area contributed by atoms with Crippen LogP contribution >= 0.6 is 0 Å². The van der Waals surface area contributed by atoms with Crippen LogP contribution in [0.4, 0.5) is 24.8 Å². The number of nitrogens with two attached hydrogens (primary N) is 1. The van der Waals surface area contributed by atoms with Crippen molar-refractivity contribution in [2.45, 2.75) is 70.3 Å². The molecule has 0 spiro atoms. The summed E-state index contributed by atoms with van der Waals surface area (Å²) in [6, 6.07) is 34.9. The SMILES string of the molecule is Cc1cc(OCCCc2ccc3c(c2)C(=O)N(C(C)(CCc2ccccc2)CC(=O)O)C(c2ccccc2)C(=O)N3Cc2ccccc2)nc(N)n1.O=C(O)C(F)(F)F. The third-order valence-electron chi connectivity index (χ3n) is 9.72. The van der Waals surface area contributed by atoms with Crippen LogP contribution in [-0.2, 0) is 33.8 Å². The zero-order chi connectivity index (χ0) is 42.7. The van der Waals surface area contributed by atoms with Gasteiger partial charge in [0.1, 0.15) is 6.04 Å². The lowest BCUT2D eigenvalue weighted by molar-refractivity contribution is -0.192. The number of carbonyl (C=O) groups is 4. The number of benzene rings is 4. The second kappa shape index (κ2) is 19.1. The quantitative estimate of drug-likeness (QED) is 0.0947. The van der Waals surface area contributed by atoms with Gasteiger partial charge in [-0.25, -0.2) is 9.78 Å². The minimum absolute atomic E-state index is 0.144. The lowest BCUT2D eigenvalue weighted by Crippen LogP contribution is -2.55. The van der Waals surface area contributed by atoms with Gasteiger partial charge in [0.15, 0.2) is 0 Å². The maximum absolute atomic E-state index is 15.2. The van der Waals surface area contributed by atoms with Crippen molar-refractivity contribution in [3.8, 4) is 5.88 Å². The number of ether oxygens (including phenoxy) is 1. The van der Waals surface area contributed by atoms with Crippen LogP contribution in [-0.4, -0.2) is 67.2 Å². The first-order chi connectivity index (χ1) is 28.1. The highest BCUT2D eigenvalue weighted by Crippen LogP contribution is 2.42. The number of anilines is 2. The van der Waals surface area contributed by atoms with E-state index in [2.05, 4.69) is 9.97 Å². The maximum Gasteiger partial charge on any atom is 0.490 e. The Hall–Kier alpha value is -6.77. The number of nitrogens with zero attached hydrogens (tertiary/aromatic N) is 4. The van der Waals surface area contributed by atoms with Crippen LogP contribution < -0.4 is 15.4 Å². The monoisotopic (exact) mass is 811 g/mol. The van der Waals surface area contributed by atoms with Crippen molar-refractivity contribution >= 4 is 35.4 Å². The van der Waals surface area contributed by atoms with E-state index in [0.29, 0.717) is 60.7 Å². The number of fused-ring (bicyclic) bond motifs is 1. The molecule has 15 heteroatoms. The van der Waals surface area contributed by atoms with Gasteiger partial charge in [-0.05, 0) is 73.9 Å². The summed E-state index contributed by atoms with van der Waals surface area (Å²) in [7, 11) is 0. The normalized spacial score (nSPS) is 15.0. The summed E-state index contributed by atoms with van der Waals surface area (Å²) in [5.41, 5.74) is 9.47. The summed E-state index contributed by atoms with van der Waals surface area (Å²) >= 11 is 0. The van der Waals surface area contributed by atoms with Crippen molar-refractivity contribution in [3.05, 3.63) is 149 Å². The summed E-state index contributed by atoms with van der Waals surface area (Å²) in [5.74, 6) is -3.97. The van der Waals surface area contributed by atoms with Crippen LogP contribution in [0.25, 0.3) is 0 Å². The molecule has 308 valence electrons. The molecular formula is C44H44F3N5O7. The number of nitrogen functional groups attached to an aromatic ring is 1. The number of carboxylic acids is 2. The Morgan fingerprint density at radius 3 is 1.98 bits per heavy atom. The van der Waals surface area contributed by atoms with Crippen molar-refractivity contribution in [2.24, 2.45) is 0 Å². The number of carbonyl (C=O) groups excluding carboxylic acids is 2. The Bertz CT molecular complexity index is 2220. The van der Waals surface area contributed by atoms with Crippen LogP contribution in [0.1, 0.15) is 70.5 Å². The van der Waals surface area contributed by atoms with E-state index in [1.54, 1.807) is 22.8 Å². The number of hydrogen-bond acceptors (Lipinski definition) is 8. The molecule has 12 nitrogen and oxygen atoms in total. The first-order valence-corrected chi connectivity index (χ1v) is 18.7. The second-order valence-electron chi connectivity index (χ2n) is 14.3. The van der Waals surface area contributed by atoms with E-state index in [1.807, 2.05) is 116 Å². The van der Waals surface area contributed by atoms with Gasteiger partial charge >= 0.3 is 18.1 Å². The molecule has 0 saturated heterocycles. The zero-order valence-corrected chi connectivity index (χ0v) is 32.4. The highest BCUT2D eigenvalue weighted by molar-refractivity contribution is 6.11. The molecule has 1 aliphatic heterocycles. The van der Waals surface area contributed by atoms with Crippen molar-refractivity contribution in [1.29, 1.82) is 0 Å². The molecule has 0 bridgehead atoms. The van der Waals surface area contributed by atoms with Crippen LogP contribution in [0.15, 0.2) is 115 Å². The third-order valence-corrected chi connectivity index (χ3v) is 9.72. The molecule has 2 atom stereocenters. The maximum atomic E-state index is 15.2. The van der Waals surface area contributed by atoms with Gasteiger partial charge in [0.25, 0.3) is 11.8 Å². The largest absolute Gasteiger partial charge is 0.490 e. The van der Waals surface area contributed by atoms with E-state index in [9.17, 15) is 23.1 Å². The van der Waals surface area contributed by atoms with Crippen molar-refractivity contribution in [1.82, 2.24) is 14.9 Å². The summed E-state index contributed by atoms with van der Waals surface area (Å²) in [6.07, 6.45) is -3.39. The Morgan fingerprint density at radius 1 is 0.814 bits per heavy atom. The third kappa shape index (κ3) is 11.4. The van der Waals surface area contributed by atoms with Crippen LogP contribution in [0, 0.1) is 6.92 Å². The van der Waals surface area contributed by atoms with Gasteiger partial charge < -0.3 is 30.5 Å². The highest BCUT2D eigenvalue weighted by atomic mass is 19.4. The van der Waals surface area contributed by atoms with E-state index >= 15 is 9.59 Å². The number of aromatic nitrogens is 2. The first kappa shape index (κ1) is 43.4. The van der Waals surface area contributed by atoms with Gasteiger partial charge in [0, 0.05) is 11.8 Å². The predicted octanol–water partition coefficient (Wildman–Crippen LogP) is 7.61. The first-order valence-electron chi connectivity index (χ1n) is 18.7. The van der Waals surface area contributed by atoms with E-state index in [4.69, 9.17) is 20.4 Å². The van der Waals surface area contributed by atoms with Gasteiger partial charge in [-0.2, -0.15) is 18.2 Å². The second-order valence-corrected chi connectivity index (χ2v) is 14.3. The van der Waals surface area contributed by atoms with Crippen LogP contribution in [0.2, 0.25) is 0 Å². The molecule has 5 aromatic rings. The standard InChI is InChI=1S/C42H43N5O5.C2HF3O2/c1-29-25-36(45-41(43)44-29)52-24-12-17-31-20-21-35-34(26-31)39(50)47(42(2,27-37(48)49)23-22-30-13-6-3-7-14-30)38(33-18-10-5-11-19-33)40(51)46(35)28-32-15-8-4-9-16-32;3-2(4,5)1(6)7/h3-11,13-16,18-21,25-26,38H,12,17,22-24,27-28H2,1-2H3,(H,48,49)(H2,43,44,45);(H,6,7). The molecule has 0 fully saturated rings. The molecular weight excluding hydrogens is 768 g/mol. The van der Waals surface area contributed by atoms with Crippen LogP contribution in [0.3, 0.4) is 0 Å². The Balaban J connectivity index is 0.000000867. The van der Waals surface area contributed by atoms with E-state index < -0.39 is 35.6 Å². The molecule has 0 saturated carbocycles. The molecule has 6 rings (SSSR count). The zero-order valence-electron chi connectivity index (χ0n) is 32.4. The van der Waals surface area contributed by atoms with Gasteiger partial charge in [0.2, 0.25) is 11.8 Å². The van der Waals surface area contributed by atoms with Crippen LogP contribution in [0.5, 0.6) is 5.88 Å². The lowest BCUT2D eigenvalue weighted by atomic mass is 9.84. The van der Waals surface area contributed by atoms with Crippen molar-refractivity contribution in [3.63, 3.8) is 0 Å². The molecule has 2 amide bonds. The predicted molar refractivity (Wildman–Crippen MR) is 214 cm³/mol. The molecule has 2 unspecified atom stereocenters. The van der Waals surface area contributed by atoms with E-state index in [-0.39, 0.29) is 24.8 Å². The summed E-state index contributed by atoms with van der Waals surface area (Å²) < 4.78 is 37.6. The molecule has 0 aliphatic carbocycles. The minimum Gasteiger partial charge on any atom is -0.481 e. The molecule has 59 heavy (non-hydrogen) atoms. The van der Waals surface area contributed by atoms with Gasteiger partial charge in [-0.15, -0.1) is 0 Å². The van der Waals surface area contributed by atoms with E-state index in [1.165, 1.54) is 0 Å². The number of aliphatic carboxylic acids is 2. The molecule has 2 heterocycles. The summed E-state index contributed by atoms with van der Waals surface area (Å²) in [4.78, 5) is 63.3. The Kier molecular flexibility index (Phi) is 14.0. The molecule has 0 radical (unpaired) electrons. The van der Waals surface area contributed by atoms with Crippen molar-refractivity contribution in [2.75, 3.05) is 17.2 Å². The fourth-order valence-electron chi connectivity index (χ4n) is 6.95. The number of hydrogen-bond donors (Lipinski definition) is 3. The highest BCUT2D eigenvalue weighted by Gasteiger charge is 2.49. The molecule has 1 aromatic heterocycles. The minimum atomic E-state index is -5.08. The Labute approximate surface area is 339 Å². The van der Waals surface area contributed by atoms with Gasteiger partial charge in [-0.1, -0.05) is 97.1 Å². The topological polar surface area (TPSA) is 176 Å². The number of carboxylic acid groups (broad SMARTS) is 2. The van der Waals surface area contributed by atoms with Gasteiger partial charge in [0.05, 0.1) is 36.4 Å². The van der Waals surface area contributed by atoms with Crippen molar-refractivity contribution < 1.29 is 47.3 Å². The number of alkyl halides is 3. The molecule has 1 aliphatic rings. The average Bonchev–Trinajstić information content (AvgIpc) is 3.28. The number of halogens is 3. The fourth-order valence-corrected chi connectivity index (χ4v) is 6.95.